The van der Waals surface area contributed by atoms with Gasteiger partial charge in [-0.1, -0.05) is 0 Å². The molecule has 2 aliphatic rings. The molecule has 0 saturated heterocycles. The average molecular weight is 436 g/mol. The average Bonchev–Trinajstić information content (AvgIpc) is 3.05. The van der Waals surface area contributed by atoms with Gasteiger partial charge in [-0.15, -0.1) is 12.8 Å². The van der Waals surface area contributed by atoms with Gasteiger partial charge in [-0.25, -0.2) is 24.3 Å². The Morgan fingerprint density at radius 2 is 1.26 bits per heavy atom. The molecule has 0 spiro atoms. The maximum atomic E-state index is 2.99. The van der Waals surface area contributed by atoms with Gasteiger partial charge >= 0.3 is 93.5 Å². The minimum absolute atomic E-state index is 0. The first kappa shape index (κ1) is 22.0. The predicted octanol–water partition coefficient (Wildman–Crippen LogP) is 3.80. The molecule has 2 aliphatic carbocycles. The molecule has 0 N–H and O–H groups in total. The SMILES string of the molecule is CC(C)[N]([In])C(C)C.[C-]1=CC=CC1.[C-]1=CC=CC1.[Zr+2]. The van der Waals surface area contributed by atoms with Crippen LogP contribution in [0.1, 0.15) is 40.5 Å². The van der Waals surface area contributed by atoms with Crippen molar-refractivity contribution in [3.8, 4) is 0 Å². The van der Waals surface area contributed by atoms with Crippen molar-refractivity contribution in [1.29, 1.82) is 0 Å². The molecule has 100 valence electrons. The zero-order valence-corrected chi connectivity index (χ0v) is 18.3. The summed E-state index contributed by atoms with van der Waals surface area (Å²) in [6.07, 6.45) is 20.0. The zero-order valence-electron chi connectivity index (χ0n) is 12.6. The Balaban J connectivity index is 0. The molecule has 0 amide bonds. The minimum Gasteiger partial charge on any atom is -0.273 e. The quantitative estimate of drug-likeness (QED) is 0.596. The maximum Gasteiger partial charge on any atom is 2.00 e. The molecule has 19 heavy (non-hydrogen) atoms. The summed E-state index contributed by atoms with van der Waals surface area (Å²) in [5.74, 6) is 0. The minimum atomic E-state index is 0. The molecule has 0 aromatic carbocycles. The number of hydrogen-bond acceptors (Lipinski definition) is 1. The molecule has 3 heteroatoms. The second kappa shape index (κ2) is 15.1. The monoisotopic (exact) mass is 435 g/mol. The van der Waals surface area contributed by atoms with Crippen LogP contribution >= 0.6 is 0 Å². The van der Waals surface area contributed by atoms with Gasteiger partial charge in [0, 0.05) is 0 Å². The summed E-state index contributed by atoms with van der Waals surface area (Å²) in [4.78, 5) is 0. The van der Waals surface area contributed by atoms with E-state index in [1.165, 1.54) is 24.7 Å². The van der Waals surface area contributed by atoms with Gasteiger partial charge < -0.3 is 0 Å². The summed E-state index contributed by atoms with van der Waals surface area (Å²) in [7, 11) is 0. The van der Waals surface area contributed by atoms with E-state index in [1.807, 2.05) is 24.3 Å². The first-order chi connectivity index (χ1) is 8.55. The molecular formula is C16H24InNZr. The van der Waals surface area contributed by atoms with E-state index in [0.717, 1.165) is 24.9 Å². The summed E-state index contributed by atoms with van der Waals surface area (Å²) in [6, 6.07) is 1.47. The number of hydrogen-bond donors (Lipinski definition) is 0. The van der Waals surface area contributed by atoms with Crippen molar-refractivity contribution in [3.63, 3.8) is 0 Å². The van der Waals surface area contributed by atoms with Crippen molar-refractivity contribution < 1.29 is 26.2 Å². The summed E-state index contributed by atoms with van der Waals surface area (Å²) >= 11 is 1.25. The van der Waals surface area contributed by atoms with Crippen LogP contribution in [0.3, 0.4) is 0 Å². The van der Waals surface area contributed by atoms with Crippen LogP contribution in [0.2, 0.25) is 0 Å². The van der Waals surface area contributed by atoms with E-state index < -0.39 is 0 Å². The normalized spacial score (nSPS) is 14.3. The van der Waals surface area contributed by atoms with Crippen molar-refractivity contribution in [1.82, 2.24) is 2.89 Å². The topological polar surface area (TPSA) is 3.24 Å². The second-order valence-corrected chi connectivity index (χ2v) is 6.34. The van der Waals surface area contributed by atoms with Crippen LogP contribution in [-0.2, 0) is 26.2 Å². The Morgan fingerprint density at radius 1 is 0.895 bits per heavy atom. The van der Waals surface area contributed by atoms with Crippen LogP contribution in [0.4, 0.5) is 0 Å². The van der Waals surface area contributed by atoms with Gasteiger partial charge in [0.25, 0.3) is 0 Å². The van der Waals surface area contributed by atoms with Crippen LogP contribution in [0, 0.1) is 12.2 Å². The second-order valence-electron chi connectivity index (χ2n) is 4.64. The van der Waals surface area contributed by atoms with E-state index in [-0.39, 0.29) is 26.2 Å². The number of allylic oxidation sites excluding steroid dienone is 8. The van der Waals surface area contributed by atoms with Gasteiger partial charge in [-0.05, 0) is 0 Å². The molecule has 0 saturated carbocycles. The smallest absolute Gasteiger partial charge is 0.273 e. The number of nitrogens with zero attached hydrogens (tertiary/aromatic N) is 1. The summed E-state index contributed by atoms with van der Waals surface area (Å²) < 4.78 is 2.46. The first-order valence-electron chi connectivity index (χ1n) is 6.52. The van der Waals surface area contributed by atoms with Gasteiger partial charge in [0.05, 0.1) is 0 Å². The van der Waals surface area contributed by atoms with Gasteiger partial charge in [-0.2, -0.15) is 12.2 Å². The molecule has 0 aliphatic heterocycles. The molecule has 2 radical (unpaired) electrons. The third-order valence-corrected chi connectivity index (χ3v) is 5.77. The Labute approximate surface area is 154 Å². The fraction of sp³-hybridized carbons (Fsp3) is 0.500. The Bertz CT molecular complexity index is 254. The molecule has 0 bridgehead atoms. The van der Waals surface area contributed by atoms with Crippen molar-refractivity contribution in [2.45, 2.75) is 52.6 Å². The fourth-order valence-electron chi connectivity index (χ4n) is 1.28. The van der Waals surface area contributed by atoms with E-state index >= 15 is 0 Å². The third kappa shape index (κ3) is 14.9. The van der Waals surface area contributed by atoms with Crippen LogP contribution in [0.15, 0.2) is 36.5 Å². The van der Waals surface area contributed by atoms with E-state index in [0.29, 0.717) is 0 Å². The molecule has 0 heterocycles. The molecule has 0 aromatic rings. The Morgan fingerprint density at radius 3 is 1.32 bits per heavy atom. The van der Waals surface area contributed by atoms with E-state index in [1.54, 1.807) is 0 Å². The first-order valence-corrected chi connectivity index (χ1v) is 7.99. The Kier molecular flexibility index (Phi) is 17.4. The Hall–Kier alpha value is 0.673. The molecule has 0 aromatic heterocycles. The van der Waals surface area contributed by atoms with Crippen molar-refractivity contribution in [2.24, 2.45) is 0 Å². The van der Waals surface area contributed by atoms with E-state index in [4.69, 9.17) is 0 Å². The molecule has 1 nitrogen and oxygen atoms in total. The van der Waals surface area contributed by atoms with Gasteiger partial charge in [-0.3, -0.25) is 12.2 Å². The molecule has 0 atom stereocenters. The van der Waals surface area contributed by atoms with Crippen LogP contribution in [0.25, 0.3) is 0 Å². The van der Waals surface area contributed by atoms with Gasteiger partial charge in [0.15, 0.2) is 0 Å². The van der Waals surface area contributed by atoms with Crippen molar-refractivity contribution >= 4 is 24.7 Å². The maximum absolute atomic E-state index is 2.99. The van der Waals surface area contributed by atoms with Crippen molar-refractivity contribution in [3.05, 3.63) is 48.6 Å². The third-order valence-electron chi connectivity index (χ3n) is 2.36. The molecule has 2 rings (SSSR count). The van der Waals surface area contributed by atoms with Crippen LogP contribution < -0.4 is 0 Å². The summed E-state index contributed by atoms with van der Waals surface area (Å²) in [5.41, 5.74) is 0. The van der Waals surface area contributed by atoms with Crippen molar-refractivity contribution in [2.75, 3.05) is 0 Å². The fourth-order valence-corrected chi connectivity index (χ4v) is 1.28. The van der Waals surface area contributed by atoms with E-state index in [9.17, 15) is 0 Å². The molecule has 0 fully saturated rings. The van der Waals surface area contributed by atoms with Crippen LogP contribution in [-0.4, -0.2) is 39.6 Å². The zero-order chi connectivity index (χ0) is 13.8. The predicted molar refractivity (Wildman–Crippen MR) is 81.0 cm³/mol. The largest absolute Gasteiger partial charge is 2.00 e. The molecular weight excluding hydrogens is 412 g/mol. The number of rotatable bonds is 2. The summed E-state index contributed by atoms with van der Waals surface area (Å²) in [5, 5.41) is 0. The van der Waals surface area contributed by atoms with Gasteiger partial charge in [0.1, 0.15) is 0 Å². The van der Waals surface area contributed by atoms with Crippen LogP contribution in [0.5, 0.6) is 0 Å². The van der Waals surface area contributed by atoms with E-state index in [2.05, 4.69) is 54.9 Å². The summed E-state index contributed by atoms with van der Waals surface area (Å²) in [6.45, 7) is 8.96. The molecule has 0 unspecified atom stereocenters. The van der Waals surface area contributed by atoms with Gasteiger partial charge in [0.2, 0.25) is 0 Å². The standard InChI is InChI=1S/C6H14N.2C5H5.In.Zr/c1-5(2)7-6(3)4;2*1-2-4-5-3-1;;/h5-6H,1-4H3;2*1-3H,4H2;;/q3*-1;+1;+2.